The third kappa shape index (κ3) is 5.70. The number of ether oxygens (including phenoxy) is 1. The van der Waals surface area contributed by atoms with Crippen molar-refractivity contribution in [3.8, 4) is 24.9 Å². The molecule has 0 unspecified atom stereocenters. The van der Waals surface area contributed by atoms with Crippen LogP contribution >= 0.6 is 11.3 Å². The molecule has 2 atom stereocenters. The molecular weight excluding hydrogens is 472 g/mol. The molecule has 2 aromatic heterocycles. The summed E-state index contributed by atoms with van der Waals surface area (Å²) in [6.45, 7) is 3.60. The first-order chi connectivity index (χ1) is 17.4. The van der Waals surface area contributed by atoms with E-state index in [2.05, 4.69) is 40.8 Å². The summed E-state index contributed by atoms with van der Waals surface area (Å²) in [5.74, 6) is -0.439. The molecule has 1 fully saturated rings. The van der Waals surface area contributed by atoms with Crippen molar-refractivity contribution in [1.29, 1.82) is 5.26 Å². The van der Waals surface area contributed by atoms with Gasteiger partial charge in [-0.3, -0.25) is 4.79 Å². The average Bonchev–Trinajstić information content (AvgIpc) is 3.47. The van der Waals surface area contributed by atoms with Crippen molar-refractivity contribution in [1.82, 2.24) is 14.9 Å². The Bertz CT molecular complexity index is 1180. The molecule has 2 aromatic rings. The number of nitrogen functional groups attached to an aromatic ring is 1. The monoisotopic (exact) mass is 506 g/mol. The van der Waals surface area contributed by atoms with Crippen LogP contribution in [0.15, 0.2) is 17.8 Å². The molecule has 4 N–H and O–H groups in total. The van der Waals surface area contributed by atoms with Gasteiger partial charge in [0.25, 0.3) is 0 Å². The maximum Gasteiger partial charge on any atom is 0.316 e. The van der Waals surface area contributed by atoms with Crippen LogP contribution in [0.4, 0.5) is 5.00 Å². The molecule has 0 bridgehead atoms. The molecule has 8 nitrogen and oxygen atoms in total. The van der Waals surface area contributed by atoms with Crippen molar-refractivity contribution in [2.45, 2.75) is 63.8 Å². The highest BCUT2D eigenvalue weighted by Gasteiger charge is 2.34. The fourth-order valence-corrected chi connectivity index (χ4v) is 6.10. The van der Waals surface area contributed by atoms with E-state index in [1.807, 2.05) is 6.92 Å². The fraction of sp³-hybridized carbons (Fsp3) is 0.481. The Labute approximate surface area is 217 Å². The summed E-state index contributed by atoms with van der Waals surface area (Å²) in [6.07, 6.45) is 15.6. The molecule has 2 aliphatic rings. The second kappa shape index (κ2) is 12.5. The molecule has 1 saturated heterocycles. The van der Waals surface area contributed by atoms with Gasteiger partial charge in [-0.1, -0.05) is 13.3 Å². The van der Waals surface area contributed by atoms with E-state index in [4.69, 9.17) is 16.2 Å². The highest BCUT2D eigenvalue weighted by Crippen LogP contribution is 2.43. The van der Waals surface area contributed by atoms with Crippen molar-refractivity contribution < 1.29 is 9.53 Å². The normalized spacial score (nSPS) is 19.9. The number of carbonyl (C=O) groups excluding carboxylic acids is 1. The summed E-state index contributed by atoms with van der Waals surface area (Å²) in [7, 11) is 2.09. The van der Waals surface area contributed by atoms with Crippen LogP contribution in [-0.4, -0.2) is 46.9 Å². The Hall–Kier alpha value is -3.40. The number of nitrogens with two attached hydrogens (primary N) is 2. The van der Waals surface area contributed by atoms with Crippen LogP contribution in [0.5, 0.6) is 6.01 Å². The zero-order chi connectivity index (χ0) is 26.2. The number of terminal acetylenes is 1. The zero-order valence-corrected chi connectivity index (χ0v) is 21.8. The third-order valence-corrected chi connectivity index (χ3v) is 7.93. The van der Waals surface area contributed by atoms with E-state index in [-0.39, 0.29) is 11.8 Å². The lowest BCUT2D eigenvalue weighted by atomic mass is 9.79. The van der Waals surface area contributed by atoms with Crippen molar-refractivity contribution >= 4 is 27.8 Å². The maximum absolute atomic E-state index is 13.8. The standard InChI is InChI=1S/C25H32N6O2S.C2H2/c1-3-6-17(23(32)16-8-4-9-20-21(16)18(13-26)24(28)34-20)22(27)19-10-11-29-25(30-19)33-14-15-7-5-12-31(15)2;1-2/h10-11,15-16H,3-9,12,14,27-28H2,1-2H3;1-2H/b22-17-;/t15-,16-;/m0./s1. The van der Waals surface area contributed by atoms with E-state index in [1.54, 1.807) is 12.3 Å². The Kier molecular flexibility index (Phi) is 9.46. The molecular formula is C27H34N6O2S. The number of anilines is 1. The number of nitriles is 1. The summed E-state index contributed by atoms with van der Waals surface area (Å²) in [5.41, 5.74) is 15.3. The van der Waals surface area contributed by atoms with Crippen LogP contribution in [0.1, 0.15) is 73.1 Å². The van der Waals surface area contributed by atoms with E-state index in [9.17, 15) is 10.1 Å². The number of hydrogen-bond donors (Lipinski definition) is 2. The molecule has 9 heteroatoms. The van der Waals surface area contributed by atoms with Gasteiger partial charge in [0.1, 0.15) is 17.7 Å². The lowest BCUT2D eigenvalue weighted by Crippen LogP contribution is -2.31. The number of ketones is 1. The second-order valence-corrected chi connectivity index (χ2v) is 10.2. The number of rotatable bonds is 8. The van der Waals surface area contributed by atoms with E-state index in [1.165, 1.54) is 11.3 Å². The van der Waals surface area contributed by atoms with Crippen LogP contribution < -0.4 is 16.2 Å². The summed E-state index contributed by atoms with van der Waals surface area (Å²) in [4.78, 5) is 25.9. The zero-order valence-electron chi connectivity index (χ0n) is 21.0. The van der Waals surface area contributed by atoms with Crippen LogP contribution in [-0.2, 0) is 11.2 Å². The maximum atomic E-state index is 13.8. The first-order valence-electron chi connectivity index (χ1n) is 12.3. The molecule has 3 heterocycles. The topological polar surface area (TPSA) is 131 Å². The van der Waals surface area contributed by atoms with Gasteiger partial charge in [0.05, 0.1) is 17.0 Å². The number of nitrogens with zero attached hydrogens (tertiary/aromatic N) is 4. The smallest absolute Gasteiger partial charge is 0.316 e. The molecule has 0 aromatic carbocycles. The lowest BCUT2D eigenvalue weighted by molar-refractivity contribution is -0.117. The predicted octanol–water partition coefficient (Wildman–Crippen LogP) is 3.87. The van der Waals surface area contributed by atoms with Gasteiger partial charge in [0.15, 0.2) is 5.78 Å². The molecule has 190 valence electrons. The summed E-state index contributed by atoms with van der Waals surface area (Å²) >= 11 is 1.43. The second-order valence-electron chi connectivity index (χ2n) is 9.05. The highest BCUT2D eigenvalue weighted by molar-refractivity contribution is 7.16. The van der Waals surface area contributed by atoms with Crippen LogP contribution in [0.3, 0.4) is 0 Å². The molecule has 0 spiro atoms. The van der Waals surface area contributed by atoms with Crippen molar-refractivity contribution in [3.63, 3.8) is 0 Å². The van der Waals surface area contributed by atoms with Gasteiger partial charge >= 0.3 is 6.01 Å². The first-order valence-corrected chi connectivity index (χ1v) is 13.1. The number of Topliss-reactive ketones (excluding diaryl/α,β-unsaturated/α-hetero) is 1. The third-order valence-electron chi connectivity index (χ3n) is 6.83. The van der Waals surface area contributed by atoms with Crippen molar-refractivity contribution in [2.24, 2.45) is 5.73 Å². The van der Waals surface area contributed by atoms with E-state index < -0.39 is 5.92 Å². The summed E-state index contributed by atoms with van der Waals surface area (Å²) in [5, 5.41) is 10.2. The number of allylic oxidation sites excluding steroid dienone is 1. The molecule has 1 aliphatic carbocycles. The van der Waals surface area contributed by atoms with Crippen LogP contribution in [0, 0.1) is 24.2 Å². The lowest BCUT2D eigenvalue weighted by Gasteiger charge is -2.24. The number of likely N-dealkylation sites (tertiary alicyclic amines) is 1. The van der Waals surface area contributed by atoms with Crippen molar-refractivity contribution in [3.05, 3.63) is 39.5 Å². The van der Waals surface area contributed by atoms with E-state index >= 15 is 0 Å². The number of carbonyl (C=O) groups is 1. The number of thiophene rings is 1. The predicted molar refractivity (Wildman–Crippen MR) is 143 cm³/mol. The Morgan fingerprint density at radius 3 is 2.81 bits per heavy atom. The molecule has 0 radical (unpaired) electrons. The van der Waals surface area contributed by atoms with Gasteiger partial charge in [-0.15, -0.1) is 24.2 Å². The highest BCUT2D eigenvalue weighted by atomic mass is 32.1. The van der Waals surface area contributed by atoms with Gasteiger partial charge in [-0.25, -0.2) is 4.98 Å². The molecule has 0 amide bonds. The minimum Gasteiger partial charge on any atom is -0.462 e. The Morgan fingerprint density at radius 2 is 2.14 bits per heavy atom. The average molecular weight is 507 g/mol. The van der Waals surface area contributed by atoms with Gasteiger partial charge in [0.2, 0.25) is 0 Å². The molecule has 4 rings (SSSR count). The fourth-order valence-electron chi connectivity index (χ4n) is 4.98. The van der Waals surface area contributed by atoms with Crippen LogP contribution in [0.25, 0.3) is 5.70 Å². The number of likely N-dealkylation sites (N-methyl/N-ethyl adjacent to an activating group) is 1. The number of aryl methyl sites for hydroxylation is 1. The Morgan fingerprint density at radius 1 is 1.36 bits per heavy atom. The molecule has 0 saturated carbocycles. The van der Waals surface area contributed by atoms with Gasteiger partial charge < -0.3 is 21.1 Å². The number of aromatic nitrogens is 2. The minimum atomic E-state index is -0.400. The SMILES string of the molecule is C#C.CCC/C(C(=O)[C@H]1CCCc2sc(N)c(C#N)c21)=C(/N)c1ccnc(OC[C@@H]2CCCN2C)n1. The summed E-state index contributed by atoms with van der Waals surface area (Å²) in [6, 6.07) is 4.54. The van der Waals surface area contributed by atoms with Gasteiger partial charge in [-0.2, -0.15) is 10.2 Å². The quantitative estimate of drug-likeness (QED) is 0.407. The number of fused-ring (bicyclic) bond motifs is 1. The number of hydrogen-bond acceptors (Lipinski definition) is 9. The first kappa shape index (κ1) is 27.2. The van der Waals surface area contributed by atoms with E-state index in [0.717, 1.165) is 49.1 Å². The Balaban J connectivity index is 0.00000176. The molecule has 1 aliphatic heterocycles. The van der Waals surface area contributed by atoms with Gasteiger partial charge in [-0.05, 0) is 63.7 Å². The minimum absolute atomic E-state index is 0.0386. The molecule has 36 heavy (non-hydrogen) atoms. The largest absolute Gasteiger partial charge is 0.462 e. The van der Waals surface area contributed by atoms with Gasteiger partial charge in [0, 0.05) is 28.6 Å². The van der Waals surface area contributed by atoms with E-state index in [0.29, 0.717) is 53.0 Å². The van der Waals surface area contributed by atoms with Crippen molar-refractivity contribution in [2.75, 3.05) is 25.9 Å². The van der Waals surface area contributed by atoms with Crippen LogP contribution in [0.2, 0.25) is 0 Å². The summed E-state index contributed by atoms with van der Waals surface area (Å²) < 4.78 is 5.87.